The first-order valence-electron chi connectivity index (χ1n) is 11.2. The number of nitrogens with one attached hydrogen (secondary N) is 1. The Bertz CT molecular complexity index is 923. The molecule has 6 nitrogen and oxygen atoms in total. The first kappa shape index (κ1) is 25.8. The molecule has 0 aromatic heterocycles. The van der Waals surface area contributed by atoms with Gasteiger partial charge in [0.1, 0.15) is 35.7 Å². The van der Waals surface area contributed by atoms with Crippen molar-refractivity contribution in [1.82, 2.24) is 5.32 Å². The molecule has 0 saturated heterocycles. The second-order valence-corrected chi connectivity index (χ2v) is 8.76. The normalized spacial score (nSPS) is 12.3. The first-order valence-corrected chi connectivity index (χ1v) is 11.2. The summed E-state index contributed by atoms with van der Waals surface area (Å²) in [6.45, 7) is 15.9. The van der Waals surface area contributed by atoms with Gasteiger partial charge in [-0.3, -0.25) is 0 Å². The maximum atomic E-state index is 10.5. The highest BCUT2D eigenvalue weighted by molar-refractivity contribution is 5.57. The number of benzene rings is 2. The molecule has 32 heavy (non-hydrogen) atoms. The van der Waals surface area contributed by atoms with E-state index in [0.29, 0.717) is 32.1 Å². The van der Waals surface area contributed by atoms with E-state index in [4.69, 9.17) is 14.2 Å². The number of rotatable bonds is 11. The molecule has 0 fully saturated rings. The van der Waals surface area contributed by atoms with E-state index in [1.807, 2.05) is 40.7 Å². The lowest BCUT2D eigenvalue weighted by Gasteiger charge is -2.22. The van der Waals surface area contributed by atoms with Crippen LogP contribution in [0.1, 0.15) is 60.1 Å². The molecular weight excluding hydrogens is 406 g/mol. The van der Waals surface area contributed by atoms with Crippen molar-refractivity contribution in [1.29, 1.82) is 0 Å². The minimum Gasteiger partial charge on any atom is -0.508 e. The van der Waals surface area contributed by atoms with E-state index in [-0.39, 0.29) is 17.8 Å². The van der Waals surface area contributed by atoms with Crippen molar-refractivity contribution in [2.75, 3.05) is 26.9 Å². The molecule has 1 atom stereocenters. The molecule has 2 aromatic rings. The van der Waals surface area contributed by atoms with Crippen molar-refractivity contribution in [3.8, 4) is 23.0 Å². The molecule has 178 valence electrons. The molecule has 0 aliphatic carbocycles. The van der Waals surface area contributed by atoms with Crippen LogP contribution in [0.25, 0.3) is 0 Å². The Balaban J connectivity index is 2.12. The zero-order valence-corrected chi connectivity index (χ0v) is 20.8. The quantitative estimate of drug-likeness (QED) is 0.421. The molecule has 3 N–H and O–H groups in total. The van der Waals surface area contributed by atoms with Crippen LogP contribution < -0.4 is 14.8 Å². The van der Waals surface area contributed by atoms with E-state index < -0.39 is 0 Å². The summed E-state index contributed by atoms with van der Waals surface area (Å²) in [5.41, 5.74) is 5.31. The van der Waals surface area contributed by atoms with E-state index in [1.165, 1.54) is 0 Å². The Labute approximate surface area is 192 Å². The fourth-order valence-electron chi connectivity index (χ4n) is 3.70. The lowest BCUT2D eigenvalue weighted by Crippen LogP contribution is -2.29. The molecule has 0 heterocycles. The average Bonchev–Trinajstić information content (AvgIpc) is 2.74. The Hall–Kier alpha value is -2.44. The molecule has 0 aliphatic rings. The van der Waals surface area contributed by atoms with E-state index in [1.54, 1.807) is 13.2 Å². The minimum atomic E-state index is -0.0882. The molecular formula is C26H39NO5. The predicted octanol–water partition coefficient (Wildman–Crippen LogP) is 5.04. The van der Waals surface area contributed by atoms with E-state index in [0.717, 1.165) is 44.9 Å². The van der Waals surface area contributed by atoms with Crippen molar-refractivity contribution < 1.29 is 24.4 Å². The van der Waals surface area contributed by atoms with Crippen LogP contribution in [0.4, 0.5) is 0 Å². The van der Waals surface area contributed by atoms with E-state index in [9.17, 15) is 10.2 Å². The van der Waals surface area contributed by atoms with E-state index in [2.05, 4.69) is 19.2 Å². The zero-order chi connectivity index (χ0) is 24.0. The summed E-state index contributed by atoms with van der Waals surface area (Å²) in [5, 5.41) is 24.1. The summed E-state index contributed by atoms with van der Waals surface area (Å²) < 4.78 is 17.3. The number of hydrogen-bond donors (Lipinski definition) is 3. The van der Waals surface area contributed by atoms with Gasteiger partial charge in [0.25, 0.3) is 0 Å². The SMILES string of the molecule is COCCOc1c(C)c(C)c(O)c(C)c1CNCC(C)Oc1cc(C)c(O)cc1C(C)C. The lowest BCUT2D eigenvalue weighted by molar-refractivity contribution is 0.145. The highest BCUT2D eigenvalue weighted by Gasteiger charge is 2.19. The third-order valence-electron chi connectivity index (χ3n) is 5.89. The van der Waals surface area contributed by atoms with Crippen LogP contribution in [0, 0.1) is 27.7 Å². The van der Waals surface area contributed by atoms with Gasteiger partial charge in [0, 0.05) is 31.3 Å². The molecule has 6 heteroatoms. The standard InChI is InChI=1S/C26H39NO5/c1-15(2)21-12-23(28)16(3)11-24(21)32-17(4)13-27-14-22-20(7)25(29)18(5)19(6)26(22)31-10-9-30-8/h11-12,15,17,27-29H,9-10,13-14H2,1-8H3. The van der Waals surface area contributed by atoms with Gasteiger partial charge in [-0.1, -0.05) is 13.8 Å². The van der Waals surface area contributed by atoms with Gasteiger partial charge in [-0.05, 0) is 74.9 Å². The summed E-state index contributed by atoms with van der Waals surface area (Å²) >= 11 is 0. The monoisotopic (exact) mass is 445 g/mol. The highest BCUT2D eigenvalue weighted by atomic mass is 16.5. The summed E-state index contributed by atoms with van der Waals surface area (Å²) in [6, 6.07) is 3.69. The van der Waals surface area contributed by atoms with Gasteiger partial charge in [-0.25, -0.2) is 0 Å². The van der Waals surface area contributed by atoms with Gasteiger partial charge in [0.2, 0.25) is 0 Å². The fraction of sp³-hybridized carbons (Fsp3) is 0.538. The van der Waals surface area contributed by atoms with Crippen LogP contribution in [0.5, 0.6) is 23.0 Å². The van der Waals surface area contributed by atoms with Gasteiger partial charge in [0.15, 0.2) is 0 Å². The smallest absolute Gasteiger partial charge is 0.127 e. The van der Waals surface area contributed by atoms with Crippen molar-refractivity contribution in [3.05, 3.63) is 45.5 Å². The summed E-state index contributed by atoms with van der Waals surface area (Å²) in [7, 11) is 1.65. The minimum absolute atomic E-state index is 0.0882. The summed E-state index contributed by atoms with van der Waals surface area (Å²) in [5.74, 6) is 2.44. The second-order valence-electron chi connectivity index (χ2n) is 8.76. The number of ether oxygens (including phenoxy) is 3. The molecule has 0 saturated carbocycles. The van der Waals surface area contributed by atoms with Crippen LogP contribution in [0.3, 0.4) is 0 Å². The van der Waals surface area contributed by atoms with E-state index >= 15 is 0 Å². The topological polar surface area (TPSA) is 80.2 Å². The molecule has 0 aliphatic heterocycles. The van der Waals surface area contributed by atoms with Crippen LogP contribution >= 0.6 is 0 Å². The number of phenolic OH excluding ortho intramolecular Hbond substituents is 2. The highest BCUT2D eigenvalue weighted by Crippen LogP contribution is 2.37. The van der Waals surface area contributed by atoms with Crippen LogP contribution in [0.15, 0.2) is 12.1 Å². The lowest BCUT2D eigenvalue weighted by atomic mass is 9.97. The molecule has 0 amide bonds. The van der Waals surface area contributed by atoms with Crippen molar-refractivity contribution >= 4 is 0 Å². The number of aryl methyl sites for hydroxylation is 1. The Kier molecular flexibility index (Phi) is 9.22. The third-order valence-corrected chi connectivity index (χ3v) is 5.89. The van der Waals surface area contributed by atoms with Crippen molar-refractivity contribution in [2.24, 2.45) is 0 Å². The maximum Gasteiger partial charge on any atom is 0.127 e. The van der Waals surface area contributed by atoms with Gasteiger partial charge in [-0.15, -0.1) is 0 Å². The average molecular weight is 446 g/mol. The predicted molar refractivity (Wildman–Crippen MR) is 128 cm³/mol. The van der Waals surface area contributed by atoms with Crippen molar-refractivity contribution in [2.45, 2.75) is 67.0 Å². The first-order chi connectivity index (χ1) is 15.1. The van der Waals surface area contributed by atoms with Gasteiger partial charge >= 0.3 is 0 Å². The number of aromatic hydroxyl groups is 2. The van der Waals surface area contributed by atoms with Gasteiger partial charge in [-0.2, -0.15) is 0 Å². The largest absolute Gasteiger partial charge is 0.508 e. The van der Waals surface area contributed by atoms with Crippen molar-refractivity contribution in [3.63, 3.8) is 0 Å². The fourth-order valence-corrected chi connectivity index (χ4v) is 3.70. The Morgan fingerprint density at radius 3 is 2.25 bits per heavy atom. The zero-order valence-electron chi connectivity index (χ0n) is 20.8. The maximum absolute atomic E-state index is 10.5. The van der Waals surface area contributed by atoms with Gasteiger partial charge in [0.05, 0.1) is 6.61 Å². The molecule has 0 radical (unpaired) electrons. The molecule has 0 spiro atoms. The molecule has 2 aromatic carbocycles. The number of hydrogen-bond acceptors (Lipinski definition) is 6. The van der Waals surface area contributed by atoms with Crippen LogP contribution in [0.2, 0.25) is 0 Å². The van der Waals surface area contributed by atoms with Crippen LogP contribution in [-0.4, -0.2) is 43.2 Å². The summed E-state index contributed by atoms with van der Waals surface area (Å²) in [6.07, 6.45) is -0.0882. The Morgan fingerprint density at radius 1 is 0.938 bits per heavy atom. The molecule has 2 rings (SSSR count). The molecule has 0 bridgehead atoms. The van der Waals surface area contributed by atoms with Crippen LogP contribution in [-0.2, 0) is 11.3 Å². The second kappa shape index (κ2) is 11.4. The number of methoxy groups -OCH3 is 1. The Morgan fingerprint density at radius 2 is 1.62 bits per heavy atom. The third kappa shape index (κ3) is 6.08. The van der Waals surface area contributed by atoms with Gasteiger partial charge < -0.3 is 29.7 Å². The summed E-state index contributed by atoms with van der Waals surface area (Å²) in [4.78, 5) is 0. The number of phenols is 2. The molecule has 1 unspecified atom stereocenters.